The number of hydrogen-bond donors (Lipinski definition) is 1. The lowest BCUT2D eigenvalue weighted by Crippen LogP contribution is -2.18. The smallest absolute Gasteiger partial charge is 0.148 e. The number of nitrogens with one attached hydrogen (secondary N) is 1. The second-order valence-corrected chi connectivity index (χ2v) is 6.57. The van der Waals surface area contributed by atoms with Gasteiger partial charge in [-0.25, -0.2) is 4.39 Å². The third-order valence-corrected chi connectivity index (χ3v) is 4.07. The molecule has 0 radical (unpaired) electrons. The molecule has 3 nitrogen and oxygen atoms in total. The fraction of sp³-hybridized carbons (Fsp3) is 0.385. The van der Waals surface area contributed by atoms with E-state index in [9.17, 15) is 4.39 Å². The average molecular weight is 344 g/mol. The molecule has 0 bridgehead atoms. The fourth-order valence-electron chi connectivity index (χ4n) is 1.56. The van der Waals surface area contributed by atoms with Gasteiger partial charge in [-0.2, -0.15) is 0 Å². The van der Waals surface area contributed by atoms with E-state index in [1.54, 1.807) is 6.07 Å². The Kier molecular flexibility index (Phi) is 5.01. The van der Waals surface area contributed by atoms with E-state index >= 15 is 0 Å². The molecular weight excluding hydrogens is 329 g/mol. The van der Waals surface area contributed by atoms with Crippen molar-refractivity contribution in [2.45, 2.75) is 20.4 Å². The van der Waals surface area contributed by atoms with Crippen LogP contribution in [-0.2, 0) is 6.54 Å². The molecule has 0 amide bonds. The lowest BCUT2D eigenvalue weighted by atomic mass is 10.2. The minimum Gasteiger partial charge on any atom is -0.310 e. The topological polar surface area (TPSA) is 37.8 Å². The van der Waals surface area contributed by atoms with E-state index in [-0.39, 0.29) is 5.82 Å². The van der Waals surface area contributed by atoms with E-state index in [4.69, 9.17) is 0 Å². The highest BCUT2D eigenvalue weighted by Gasteiger charge is 2.10. The number of aromatic nitrogens is 2. The summed E-state index contributed by atoms with van der Waals surface area (Å²) >= 11 is 4.87. The molecule has 2 aromatic rings. The summed E-state index contributed by atoms with van der Waals surface area (Å²) in [4.78, 5) is 0. The molecule has 1 aromatic heterocycles. The Labute approximate surface area is 124 Å². The first-order valence-corrected chi connectivity index (χ1v) is 7.65. The van der Waals surface area contributed by atoms with Crippen molar-refractivity contribution in [3.05, 3.63) is 33.5 Å². The van der Waals surface area contributed by atoms with Crippen molar-refractivity contribution in [2.75, 3.05) is 6.54 Å². The van der Waals surface area contributed by atoms with Crippen molar-refractivity contribution in [1.29, 1.82) is 0 Å². The third kappa shape index (κ3) is 4.06. The van der Waals surface area contributed by atoms with Crippen LogP contribution in [0.5, 0.6) is 0 Å². The van der Waals surface area contributed by atoms with Crippen LogP contribution in [0.1, 0.15) is 18.9 Å². The van der Waals surface area contributed by atoms with Crippen LogP contribution in [0.2, 0.25) is 0 Å². The molecule has 2 rings (SSSR count). The molecule has 0 aliphatic rings. The van der Waals surface area contributed by atoms with E-state index < -0.39 is 0 Å². The molecule has 0 spiro atoms. The van der Waals surface area contributed by atoms with Gasteiger partial charge in [0, 0.05) is 16.6 Å². The van der Waals surface area contributed by atoms with Crippen molar-refractivity contribution in [2.24, 2.45) is 5.92 Å². The number of rotatable bonds is 5. The monoisotopic (exact) mass is 343 g/mol. The molecule has 0 saturated carbocycles. The predicted molar refractivity (Wildman–Crippen MR) is 79.5 cm³/mol. The van der Waals surface area contributed by atoms with Gasteiger partial charge in [0.25, 0.3) is 0 Å². The Morgan fingerprint density at radius 1 is 1.37 bits per heavy atom. The summed E-state index contributed by atoms with van der Waals surface area (Å²) in [5.41, 5.74) is 0.869. The molecule has 0 fully saturated rings. The van der Waals surface area contributed by atoms with Gasteiger partial charge in [-0.3, -0.25) is 0 Å². The van der Waals surface area contributed by atoms with E-state index in [1.165, 1.54) is 23.5 Å². The van der Waals surface area contributed by atoms with Crippen LogP contribution in [0, 0.1) is 11.7 Å². The molecule has 0 saturated heterocycles. The van der Waals surface area contributed by atoms with E-state index in [0.29, 0.717) is 16.9 Å². The minimum atomic E-state index is -0.265. The lowest BCUT2D eigenvalue weighted by molar-refractivity contribution is 0.550. The zero-order valence-electron chi connectivity index (χ0n) is 10.8. The molecular formula is C13H15BrFN3S. The zero-order valence-corrected chi connectivity index (χ0v) is 13.2. The third-order valence-electron chi connectivity index (χ3n) is 2.46. The largest absolute Gasteiger partial charge is 0.310 e. The summed E-state index contributed by atoms with van der Waals surface area (Å²) in [5.74, 6) is 0.345. The van der Waals surface area contributed by atoms with Crippen molar-refractivity contribution in [3.8, 4) is 10.6 Å². The summed E-state index contributed by atoms with van der Waals surface area (Å²) in [7, 11) is 0. The molecule has 1 N–H and O–H groups in total. The number of benzene rings is 1. The highest BCUT2D eigenvalue weighted by molar-refractivity contribution is 9.10. The first-order chi connectivity index (χ1) is 9.06. The second kappa shape index (κ2) is 6.54. The van der Waals surface area contributed by atoms with Crippen LogP contribution in [0.3, 0.4) is 0 Å². The molecule has 102 valence electrons. The van der Waals surface area contributed by atoms with Crippen LogP contribution in [0.4, 0.5) is 4.39 Å². The van der Waals surface area contributed by atoms with Crippen LogP contribution in [0.15, 0.2) is 22.7 Å². The summed E-state index contributed by atoms with van der Waals surface area (Å²) in [5, 5.41) is 13.4. The standard InChI is InChI=1S/C13H15BrFN3S/c1-8(2)6-16-7-12-17-18-13(19-12)10-4-3-9(15)5-11(10)14/h3-5,8,16H,6-7H2,1-2H3. The van der Waals surface area contributed by atoms with Gasteiger partial charge in [-0.05, 0) is 46.6 Å². The minimum absolute atomic E-state index is 0.265. The number of nitrogens with zero attached hydrogens (tertiary/aromatic N) is 2. The van der Waals surface area contributed by atoms with Crippen molar-refractivity contribution in [1.82, 2.24) is 15.5 Å². The van der Waals surface area contributed by atoms with E-state index in [2.05, 4.69) is 45.3 Å². The van der Waals surface area contributed by atoms with Crippen molar-refractivity contribution in [3.63, 3.8) is 0 Å². The molecule has 19 heavy (non-hydrogen) atoms. The maximum absolute atomic E-state index is 13.0. The first kappa shape index (κ1) is 14.6. The van der Waals surface area contributed by atoms with Gasteiger partial charge in [0.05, 0.1) is 0 Å². The normalized spacial score (nSPS) is 11.2. The van der Waals surface area contributed by atoms with Gasteiger partial charge in [0.1, 0.15) is 15.8 Å². The maximum atomic E-state index is 13.0. The van der Waals surface area contributed by atoms with Gasteiger partial charge in [0.15, 0.2) is 0 Å². The SMILES string of the molecule is CC(C)CNCc1nnc(-c2ccc(F)cc2Br)s1. The molecule has 0 atom stereocenters. The second-order valence-electron chi connectivity index (χ2n) is 4.65. The lowest BCUT2D eigenvalue weighted by Gasteiger charge is -2.04. The molecule has 0 unspecified atom stereocenters. The Morgan fingerprint density at radius 3 is 2.84 bits per heavy atom. The highest BCUT2D eigenvalue weighted by Crippen LogP contribution is 2.30. The summed E-state index contributed by atoms with van der Waals surface area (Å²) in [6, 6.07) is 4.58. The zero-order chi connectivity index (χ0) is 13.8. The fourth-order valence-corrected chi connectivity index (χ4v) is 3.08. The summed E-state index contributed by atoms with van der Waals surface area (Å²) < 4.78 is 13.7. The molecule has 0 aliphatic carbocycles. The molecule has 1 aromatic carbocycles. The number of halogens is 2. The first-order valence-electron chi connectivity index (χ1n) is 6.05. The molecule has 0 aliphatic heterocycles. The Bertz CT molecular complexity index is 557. The Hall–Kier alpha value is -0.850. The van der Waals surface area contributed by atoms with Gasteiger partial charge in [-0.1, -0.05) is 25.2 Å². The van der Waals surface area contributed by atoms with Gasteiger partial charge in [-0.15, -0.1) is 10.2 Å². The molecule has 1 heterocycles. The van der Waals surface area contributed by atoms with Crippen molar-refractivity contribution >= 4 is 27.3 Å². The number of hydrogen-bond acceptors (Lipinski definition) is 4. The Balaban J connectivity index is 2.08. The van der Waals surface area contributed by atoms with Gasteiger partial charge in [0.2, 0.25) is 0 Å². The van der Waals surface area contributed by atoms with Gasteiger partial charge >= 0.3 is 0 Å². The van der Waals surface area contributed by atoms with Crippen molar-refractivity contribution < 1.29 is 4.39 Å². The van der Waals surface area contributed by atoms with Crippen LogP contribution >= 0.6 is 27.3 Å². The highest BCUT2D eigenvalue weighted by atomic mass is 79.9. The predicted octanol–water partition coefficient (Wildman–Crippen LogP) is 3.85. The van der Waals surface area contributed by atoms with E-state index in [0.717, 1.165) is 22.1 Å². The average Bonchev–Trinajstić information content (AvgIpc) is 2.77. The molecule has 6 heteroatoms. The van der Waals surface area contributed by atoms with Gasteiger partial charge < -0.3 is 5.32 Å². The maximum Gasteiger partial charge on any atom is 0.148 e. The van der Waals surface area contributed by atoms with Crippen LogP contribution < -0.4 is 5.32 Å². The Morgan fingerprint density at radius 2 is 2.16 bits per heavy atom. The summed E-state index contributed by atoms with van der Waals surface area (Å²) in [6.07, 6.45) is 0. The quantitative estimate of drug-likeness (QED) is 0.895. The van der Waals surface area contributed by atoms with E-state index in [1.807, 2.05) is 0 Å². The summed E-state index contributed by atoms with van der Waals surface area (Å²) in [6.45, 7) is 5.99. The van der Waals surface area contributed by atoms with Crippen LogP contribution in [-0.4, -0.2) is 16.7 Å². The van der Waals surface area contributed by atoms with Crippen LogP contribution in [0.25, 0.3) is 10.6 Å².